The minimum atomic E-state index is -0.337. The van der Waals surface area contributed by atoms with Gasteiger partial charge in [0.1, 0.15) is 0 Å². The van der Waals surface area contributed by atoms with Gasteiger partial charge in [-0.25, -0.2) is 0 Å². The lowest BCUT2D eigenvalue weighted by molar-refractivity contribution is 0.204. The van der Waals surface area contributed by atoms with Crippen molar-refractivity contribution in [2.45, 2.75) is 57.1 Å². The van der Waals surface area contributed by atoms with E-state index in [0.717, 1.165) is 12.0 Å². The minimum Gasteiger partial charge on any atom is -0.417 e. The first-order valence-electron chi connectivity index (χ1n) is 7.06. The van der Waals surface area contributed by atoms with Gasteiger partial charge in [-0.1, -0.05) is 69.4 Å². The zero-order valence-corrected chi connectivity index (χ0v) is 12.3. The number of benzene rings is 1. The first-order valence-corrected chi connectivity index (χ1v) is 8.46. The van der Waals surface area contributed by atoms with Gasteiger partial charge in [-0.3, -0.25) is 0 Å². The molecule has 0 bridgehead atoms. The highest BCUT2D eigenvalue weighted by molar-refractivity contribution is 6.29. The summed E-state index contributed by atoms with van der Waals surface area (Å²) in [4.78, 5) is 0. The predicted octanol–water partition coefficient (Wildman–Crippen LogP) is 3.99. The van der Waals surface area contributed by atoms with Gasteiger partial charge in [0.05, 0.1) is 6.10 Å². The van der Waals surface area contributed by atoms with Crippen LogP contribution in [0.15, 0.2) is 30.3 Å². The van der Waals surface area contributed by atoms with Crippen LogP contribution >= 0.6 is 0 Å². The molecule has 2 rings (SSSR count). The smallest absolute Gasteiger partial charge is 0.165 e. The van der Waals surface area contributed by atoms with Crippen molar-refractivity contribution in [1.82, 2.24) is 0 Å². The van der Waals surface area contributed by atoms with Crippen LogP contribution in [0.2, 0.25) is 5.54 Å². The maximum absolute atomic E-state index is 6.26. The van der Waals surface area contributed by atoms with E-state index in [4.69, 9.17) is 4.43 Å². The standard InChI is InChI=1S/C15H24OSi/c1-2-15(13-9-5-3-6-10-13)16-17-14-11-7-4-8-12-14/h3,5-6,9-10,14-15H,2,4,7-8,11-12,17H2,1H3. The van der Waals surface area contributed by atoms with Crippen LogP contribution in [-0.2, 0) is 4.43 Å². The molecule has 1 aliphatic carbocycles. The van der Waals surface area contributed by atoms with E-state index in [2.05, 4.69) is 37.3 Å². The van der Waals surface area contributed by atoms with Crippen LogP contribution in [0.1, 0.15) is 57.1 Å². The number of hydrogen-bond donors (Lipinski definition) is 0. The monoisotopic (exact) mass is 248 g/mol. The third-order valence-corrected chi connectivity index (χ3v) is 5.68. The highest BCUT2D eigenvalue weighted by atomic mass is 28.2. The Morgan fingerprint density at radius 2 is 1.88 bits per heavy atom. The predicted molar refractivity (Wildman–Crippen MR) is 75.9 cm³/mol. The Morgan fingerprint density at radius 1 is 1.18 bits per heavy atom. The number of rotatable bonds is 5. The third kappa shape index (κ3) is 3.97. The molecule has 0 radical (unpaired) electrons. The fourth-order valence-corrected chi connectivity index (χ4v) is 4.57. The normalized spacial score (nSPS) is 19.8. The zero-order valence-electron chi connectivity index (χ0n) is 10.9. The molecule has 0 N–H and O–H groups in total. The van der Waals surface area contributed by atoms with Crippen LogP contribution in [0.25, 0.3) is 0 Å². The molecule has 1 fully saturated rings. The highest BCUT2D eigenvalue weighted by Crippen LogP contribution is 2.30. The summed E-state index contributed by atoms with van der Waals surface area (Å²) >= 11 is 0. The summed E-state index contributed by atoms with van der Waals surface area (Å²) in [6, 6.07) is 10.7. The highest BCUT2D eigenvalue weighted by Gasteiger charge is 2.17. The third-order valence-electron chi connectivity index (χ3n) is 3.80. The van der Waals surface area contributed by atoms with Gasteiger partial charge in [-0.2, -0.15) is 0 Å². The van der Waals surface area contributed by atoms with Gasteiger partial charge in [0, 0.05) is 0 Å². The Balaban J connectivity index is 1.83. The summed E-state index contributed by atoms with van der Waals surface area (Å²) in [6.07, 6.45) is 8.62. The van der Waals surface area contributed by atoms with Crippen LogP contribution in [0.3, 0.4) is 0 Å². The topological polar surface area (TPSA) is 9.23 Å². The van der Waals surface area contributed by atoms with Gasteiger partial charge in [-0.05, 0) is 17.5 Å². The van der Waals surface area contributed by atoms with Crippen molar-refractivity contribution >= 4 is 9.76 Å². The molecule has 1 unspecified atom stereocenters. The first-order chi connectivity index (χ1) is 8.40. The zero-order chi connectivity index (χ0) is 11.9. The Hall–Kier alpha value is -0.603. The van der Waals surface area contributed by atoms with E-state index in [1.807, 2.05) is 0 Å². The molecule has 1 atom stereocenters. The van der Waals surface area contributed by atoms with Gasteiger partial charge in [0.25, 0.3) is 0 Å². The summed E-state index contributed by atoms with van der Waals surface area (Å²) in [6.45, 7) is 2.23. The molecule has 1 aliphatic rings. The molecule has 0 amide bonds. The van der Waals surface area contributed by atoms with Gasteiger partial charge >= 0.3 is 0 Å². The Bertz CT molecular complexity index is 306. The van der Waals surface area contributed by atoms with Crippen molar-refractivity contribution in [3.05, 3.63) is 35.9 Å². The lowest BCUT2D eigenvalue weighted by Crippen LogP contribution is -2.15. The summed E-state index contributed by atoms with van der Waals surface area (Å²) in [5.74, 6) is 0. The molecule has 0 aromatic heterocycles. The molecule has 94 valence electrons. The molecule has 1 saturated carbocycles. The molecular weight excluding hydrogens is 224 g/mol. The maximum Gasteiger partial charge on any atom is 0.165 e. The van der Waals surface area contributed by atoms with Crippen molar-refractivity contribution in [3.63, 3.8) is 0 Å². The van der Waals surface area contributed by atoms with Crippen LogP contribution in [0.4, 0.5) is 0 Å². The van der Waals surface area contributed by atoms with E-state index in [-0.39, 0.29) is 9.76 Å². The summed E-state index contributed by atoms with van der Waals surface area (Å²) < 4.78 is 6.26. The molecular formula is C15H24OSi. The summed E-state index contributed by atoms with van der Waals surface area (Å²) in [5, 5.41) is 0. The van der Waals surface area contributed by atoms with Crippen molar-refractivity contribution in [2.75, 3.05) is 0 Å². The fraction of sp³-hybridized carbons (Fsp3) is 0.600. The molecule has 2 heteroatoms. The Labute approximate surface area is 108 Å². The SMILES string of the molecule is CCC(O[SiH2]C1CCCCC1)c1ccccc1. The van der Waals surface area contributed by atoms with Crippen LogP contribution in [0.5, 0.6) is 0 Å². The van der Waals surface area contributed by atoms with Gasteiger partial charge in [-0.15, -0.1) is 0 Å². The molecule has 1 aromatic carbocycles. The van der Waals surface area contributed by atoms with Gasteiger partial charge < -0.3 is 4.43 Å². The van der Waals surface area contributed by atoms with E-state index in [0.29, 0.717) is 6.10 Å². The van der Waals surface area contributed by atoms with E-state index >= 15 is 0 Å². The lowest BCUT2D eigenvalue weighted by Gasteiger charge is -2.24. The molecule has 1 aromatic rings. The molecule has 0 heterocycles. The van der Waals surface area contributed by atoms with Crippen LogP contribution in [-0.4, -0.2) is 9.76 Å². The van der Waals surface area contributed by atoms with E-state index in [1.165, 1.54) is 37.7 Å². The minimum absolute atomic E-state index is 0.337. The maximum atomic E-state index is 6.26. The molecule has 0 saturated heterocycles. The summed E-state index contributed by atoms with van der Waals surface area (Å²) in [7, 11) is -0.337. The average molecular weight is 248 g/mol. The molecule has 0 aliphatic heterocycles. The number of hydrogen-bond acceptors (Lipinski definition) is 1. The van der Waals surface area contributed by atoms with Crippen LogP contribution in [0, 0.1) is 0 Å². The largest absolute Gasteiger partial charge is 0.417 e. The quantitative estimate of drug-likeness (QED) is 0.716. The Kier molecular flexibility index (Phi) is 5.27. The van der Waals surface area contributed by atoms with Crippen molar-refractivity contribution < 1.29 is 4.43 Å². The van der Waals surface area contributed by atoms with Gasteiger partial charge in [0.2, 0.25) is 0 Å². The second-order valence-corrected chi connectivity index (χ2v) is 6.97. The van der Waals surface area contributed by atoms with Gasteiger partial charge in [0.15, 0.2) is 9.76 Å². The van der Waals surface area contributed by atoms with E-state index in [9.17, 15) is 0 Å². The van der Waals surface area contributed by atoms with E-state index in [1.54, 1.807) is 0 Å². The fourth-order valence-electron chi connectivity index (χ4n) is 2.72. The van der Waals surface area contributed by atoms with Crippen molar-refractivity contribution in [3.8, 4) is 0 Å². The molecule has 17 heavy (non-hydrogen) atoms. The lowest BCUT2D eigenvalue weighted by atomic mass is 10.0. The van der Waals surface area contributed by atoms with E-state index < -0.39 is 0 Å². The Morgan fingerprint density at radius 3 is 2.53 bits per heavy atom. The second kappa shape index (κ2) is 6.97. The van der Waals surface area contributed by atoms with Crippen molar-refractivity contribution in [1.29, 1.82) is 0 Å². The molecule has 1 nitrogen and oxygen atoms in total. The first kappa shape index (κ1) is 12.8. The second-order valence-electron chi connectivity index (χ2n) is 5.14. The molecule has 0 spiro atoms. The average Bonchev–Trinajstić information content (AvgIpc) is 2.42. The van der Waals surface area contributed by atoms with Crippen molar-refractivity contribution in [2.24, 2.45) is 0 Å². The summed E-state index contributed by atoms with van der Waals surface area (Å²) in [5.41, 5.74) is 2.31. The van der Waals surface area contributed by atoms with Crippen LogP contribution < -0.4 is 0 Å².